The van der Waals surface area contributed by atoms with Gasteiger partial charge in [-0.05, 0) is 12.8 Å². The fraction of sp³-hybridized carbons (Fsp3) is 0.545. The van der Waals surface area contributed by atoms with Gasteiger partial charge in [-0.1, -0.05) is 0 Å². The van der Waals surface area contributed by atoms with Crippen LogP contribution in [0, 0.1) is 0 Å². The van der Waals surface area contributed by atoms with E-state index in [0.717, 1.165) is 43.6 Å². The number of carbonyl (C=O) groups excluding carboxylic acids is 2. The number of aromatic nitrogens is 1. The number of carbonyl (C=O) groups is 2. The molecule has 1 aliphatic rings. The van der Waals surface area contributed by atoms with E-state index in [1.54, 1.807) is 11.3 Å². The lowest BCUT2D eigenvalue weighted by atomic mass is 9.98. The summed E-state index contributed by atoms with van der Waals surface area (Å²) < 4.78 is 0. The van der Waals surface area contributed by atoms with Crippen molar-refractivity contribution < 1.29 is 9.59 Å². The van der Waals surface area contributed by atoms with Crippen LogP contribution in [0.4, 0.5) is 0 Å². The van der Waals surface area contributed by atoms with E-state index < -0.39 is 0 Å². The largest absolute Gasteiger partial charge is 0.346 e. The predicted molar refractivity (Wildman–Crippen MR) is 65.1 cm³/mol. The highest BCUT2D eigenvalue weighted by atomic mass is 32.1. The van der Waals surface area contributed by atoms with Crippen molar-refractivity contribution in [3.8, 4) is 0 Å². The average molecular weight is 253 g/mol. The van der Waals surface area contributed by atoms with Crippen LogP contribution in [-0.2, 0) is 4.79 Å². The Hall–Kier alpha value is -1.27. The van der Waals surface area contributed by atoms with Gasteiger partial charge >= 0.3 is 0 Å². The number of hydrogen-bond donors (Lipinski definition) is 1. The Morgan fingerprint density at radius 1 is 1.47 bits per heavy atom. The number of hydrogen-bond acceptors (Lipinski definition) is 5. The molecule has 2 rings (SSSR count). The highest BCUT2D eigenvalue weighted by molar-refractivity contribution is 7.09. The molecule has 0 unspecified atom stereocenters. The Morgan fingerprint density at radius 2 is 2.24 bits per heavy atom. The second-order valence-corrected chi connectivity index (χ2v) is 4.99. The second kappa shape index (κ2) is 5.88. The number of nitrogens with zero attached hydrogens (tertiary/aromatic N) is 2. The molecular formula is C11H15N3O2S. The van der Waals surface area contributed by atoms with Crippen molar-refractivity contribution in [2.75, 3.05) is 19.8 Å². The Balaban J connectivity index is 1.85. The van der Waals surface area contributed by atoms with E-state index in [1.807, 2.05) is 5.38 Å². The van der Waals surface area contributed by atoms with Crippen LogP contribution in [0.5, 0.6) is 0 Å². The first kappa shape index (κ1) is 12.2. The Kier molecular flexibility index (Phi) is 4.22. The number of nitrogens with one attached hydrogen (secondary N) is 1. The minimum Gasteiger partial charge on any atom is -0.346 e. The van der Waals surface area contributed by atoms with Gasteiger partial charge in [-0.25, -0.2) is 4.98 Å². The molecule has 1 aromatic rings. The van der Waals surface area contributed by atoms with E-state index in [2.05, 4.69) is 15.2 Å². The van der Waals surface area contributed by atoms with E-state index in [9.17, 15) is 9.59 Å². The molecule has 1 saturated heterocycles. The highest BCUT2D eigenvalue weighted by Crippen LogP contribution is 2.29. The Bertz CT molecular complexity index is 386. The van der Waals surface area contributed by atoms with Crippen molar-refractivity contribution in [2.45, 2.75) is 18.8 Å². The van der Waals surface area contributed by atoms with Gasteiger partial charge in [0.2, 0.25) is 6.41 Å². The van der Waals surface area contributed by atoms with Crippen molar-refractivity contribution in [1.29, 1.82) is 0 Å². The Labute approximate surface area is 104 Å². The molecule has 0 saturated carbocycles. The van der Waals surface area contributed by atoms with Gasteiger partial charge in [-0.3, -0.25) is 14.5 Å². The smallest absolute Gasteiger partial charge is 0.208 e. The molecular weight excluding hydrogens is 238 g/mol. The third-order valence-corrected chi connectivity index (χ3v) is 4.02. The number of rotatable bonds is 5. The zero-order chi connectivity index (χ0) is 12.1. The monoisotopic (exact) mass is 253 g/mol. The van der Waals surface area contributed by atoms with Crippen LogP contribution in [0.3, 0.4) is 0 Å². The summed E-state index contributed by atoms with van der Waals surface area (Å²) in [6.07, 6.45) is 3.59. The minimum absolute atomic E-state index is 0.459. The lowest BCUT2D eigenvalue weighted by Crippen LogP contribution is -2.39. The summed E-state index contributed by atoms with van der Waals surface area (Å²) in [4.78, 5) is 27.3. The number of amides is 1. The van der Waals surface area contributed by atoms with Crippen LogP contribution in [0.25, 0.3) is 0 Å². The van der Waals surface area contributed by atoms with Gasteiger partial charge in [-0.2, -0.15) is 0 Å². The Morgan fingerprint density at radius 3 is 2.82 bits per heavy atom. The maximum absolute atomic E-state index is 10.6. The molecule has 1 fully saturated rings. The highest BCUT2D eigenvalue weighted by Gasteiger charge is 2.22. The lowest BCUT2D eigenvalue weighted by Gasteiger charge is -2.30. The summed E-state index contributed by atoms with van der Waals surface area (Å²) in [5, 5.41) is 5.54. The van der Waals surface area contributed by atoms with Crippen LogP contribution in [0.1, 0.15) is 34.3 Å². The maximum Gasteiger partial charge on any atom is 0.208 e. The molecule has 0 radical (unpaired) electrons. The molecule has 1 N–H and O–H groups in total. The van der Waals surface area contributed by atoms with Gasteiger partial charge in [0.05, 0.1) is 11.7 Å². The van der Waals surface area contributed by atoms with Crippen LogP contribution in [-0.4, -0.2) is 42.3 Å². The molecule has 0 bridgehead atoms. The van der Waals surface area contributed by atoms with Crippen molar-refractivity contribution in [3.63, 3.8) is 0 Å². The van der Waals surface area contributed by atoms with E-state index in [1.165, 1.54) is 0 Å². The van der Waals surface area contributed by atoms with Crippen molar-refractivity contribution in [3.05, 3.63) is 16.1 Å². The minimum atomic E-state index is 0.459. The van der Waals surface area contributed by atoms with Gasteiger partial charge in [0, 0.05) is 24.4 Å². The normalized spacial score (nSPS) is 17.9. The fourth-order valence-electron chi connectivity index (χ4n) is 2.05. The molecule has 0 aliphatic carbocycles. The molecule has 92 valence electrons. The SMILES string of the molecule is O=CNCN1CCC(c2nc(C=O)cs2)CC1. The van der Waals surface area contributed by atoms with Gasteiger partial charge in [0.15, 0.2) is 6.29 Å². The van der Waals surface area contributed by atoms with Crippen LogP contribution < -0.4 is 5.32 Å². The van der Waals surface area contributed by atoms with Gasteiger partial charge < -0.3 is 5.32 Å². The number of thiazole rings is 1. The van der Waals surface area contributed by atoms with Crippen molar-refractivity contribution >= 4 is 24.0 Å². The van der Waals surface area contributed by atoms with Crippen LogP contribution in [0.2, 0.25) is 0 Å². The zero-order valence-corrected chi connectivity index (χ0v) is 10.3. The second-order valence-electron chi connectivity index (χ2n) is 4.10. The molecule has 1 aliphatic heterocycles. The molecule has 17 heavy (non-hydrogen) atoms. The molecule has 0 atom stereocenters. The maximum atomic E-state index is 10.6. The summed E-state index contributed by atoms with van der Waals surface area (Å²) in [5.41, 5.74) is 0.537. The summed E-state index contributed by atoms with van der Waals surface area (Å²) in [5.74, 6) is 0.459. The van der Waals surface area contributed by atoms with Crippen LogP contribution in [0.15, 0.2) is 5.38 Å². The summed E-state index contributed by atoms with van der Waals surface area (Å²) in [6.45, 7) is 2.54. The predicted octanol–water partition coefficient (Wildman–Crippen LogP) is 0.839. The number of aldehydes is 1. The third-order valence-electron chi connectivity index (χ3n) is 3.00. The first-order valence-electron chi connectivity index (χ1n) is 5.63. The van der Waals surface area contributed by atoms with E-state index >= 15 is 0 Å². The molecule has 0 aromatic carbocycles. The molecule has 5 nitrogen and oxygen atoms in total. The summed E-state index contributed by atoms with van der Waals surface area (Å²) in [7, 11) is 0. The van der Waals surface area contributed by atoms with Gasteiger partial charge in [0.25, 0.3) is 0 Å². The first-order valence-corrected chi connectivity index (χ1v) is 6.51. The van der Waals surface area contributed by atoms with E-state index in [4.69, 9.17) is 0 Å². The molecule has 6 heteroatoms. The molecule has 1 amide bonds. The van der Waals surface area contributed by atoms with E-state index in [-0.39, 0.29) is 0 Å². The number of likely N-dealkylation sites (tertiary alicyclic amines) is 1. The molecule has 0 spiro atoms. The third kappa shape index (κ3) is 3.10. The quantitative estimate of drug-likeness (QED) is 0.790. The van der Waals surface area contributed by atoms with Gasteiger partial charge in [0.1, 0.15) is 5.69 Å². The van der Waals surface area contributed by atoms with E-state index in [0.29, 0.717) is 18.3 Å². The zero-order valence-electron chi connectivity index (χ0n) is 9.46. The van der Waals surface area contributed by atoms with Crippen LogP contribution >= 0.6 is 11.3 Å². The van der Waals surface area contributed by atoms with Gasteiger partial charge in [-0.15, -0.1) is 11.3 Å². The average Bonchev–Trinajstić information content (AvgIpc) is 2.86. The summed E-state index contributed by atoms with van der Waals surface area (Å²) in [6, 6.07) is 0. The fourth-order valence-corrected chi connectivity index (χ4v) is 2.98. The molecule has 2 heterocycles. The number of piperidine rings is 1. The topological polar surface area (TPSA) is 62.3 Å². The first-order chi connectivity index (χ1) is 8.33. The standard InChI is InChI=1S/C11H15N3O2S/c15-5-10-6-17-11(13-10)9-1-3-14(4-2-9)7-12-8-16/h5-6,8-9H,1-4,7H2,(H,12,16). The summed E-state index contributed by atoms with van der Waals surface area (Å²) >= 11 is 1.57. The lowest BCUT2D eigenvalue weighted by molar-refractivity contribution is -0.110. The molecule has 1 aromatic heterocycles. The van der Waals surface area contributed by atoms with Crippen molar-refractivity contribution in [1.82, 2.24) is 15.2 Å². The van der Waals surface area contributed by atoms with Crippen molar-refractivity contribution in [2.24, 2.45) is 0 Å².